The molecule has 2 rings (SSSR count). The van der Waals surface area contributed by atoms with Crippen molar-refractivity contribution in [2.24, 2.45) is 0 Å². The largest absolute Gasteiger partial charge is 0.328 e. The molecular weight excluding hydrogens is 274 g/mol. The van der Waals surface area contributed by atoms with Crippen molar-refractivity contribution in [1.82, 2.24) is 14.3 Å². The lowest BCUT2D eigenvalue weighted by atomic mass is 10.2. The minimum atomic E-state index is -3.17. The molecule has 1 aromatic carbocycles. The molecule has 0 aliphatic rings. The third-order valence-corrected chi connectivity index (χ3v) is 4.69. The second-order valence-corrected chi connectivity index (χ2v) is 7.14. The molecule has 5 nitrogen and oxygen atoms in total. The number of imidazole rings is 1. The van der Waals surface area contributed by atoms with E-state index >= 15 is 0 Å². The van der Waals surface area contributed by atoms with Gasteiger partial charge in [-0.3, -0.25) is 0 Å². The van der Waals surface area contributed by atoms with Crippen LogP contribution >= 0.6 is 0 Å². The van der Waals surface area contributed by atoms with Gasteiger partial charge >= 0.3 is 0 Å². The molecule has 1 heterocycles. The molecule has 0 amide bonds. The fourth-order valence-corrected chi connectivity index (χ4v) is 3.20. The number of sulfonamides is 1. The SMILES string of the molecule is CCCS(=O)(=O)NCc1ccc2c(c1)ncn2C(C)C. The van der Waals surface area contributed by atoms with Crippen LogP contribution in [-0.2, 0) is 16.6 Å². The number of nitrogens with zero attached hydrogens (tertiary/aromatic N) is 2. The fourth-order valence-electron chi connectivity index (χ4n) is 2.13. The summed E-state index contributed by atoms with van der Waals surface area (Å²) in [7, 11) is -3.17. The Morgan fingerprint density at radius 1 is 1.35 bits per heavy atom. The summed E-state index contributed by atoms with van der Waals surface area (Å²) in [6.07, 6.45) is 2.44. The van der Waals surface area contributed by atoms with Crippen LogP contribution in [0.3, 0.4) is 0 Å². The summed E-state index contributed by atoms with van der Waals surface area (Å²) in [5.41, 5.74) is 2.89. The van der Waals surface area contributed by atoms with Gasteiger partial charge in [-0.25, -0.2) is 18.1 Å². The summed E-state index contributed by atoms with van der Waals surface area (Å²) in [5.74, 6) is 0.164. The molecule has 0 bridgehead atoms. The summed E-state index contributed by atoms with van der Waals surface area (Å²) < 4.78 is 28.0. The van der Waals surface area contributed by atoms with Gasteiger partial charge in [0, 0.05) is 12.6 Å². The quantitative estimate of drug-likeness (QED) is 0.890. The maximum Gasteiger partial charge on any atom is 0.211 e. The highest BCUT2D eigenvalue weighted by atomic mass is 32.2. The fraction of sp³-hybridized carbons (Fsp3) is 0.500. The van der Waals surface area contributed by atoms with E-state index in [1.54, 1.807) is 0 Å². The predicted octanol–water partition coefficient (Wildman–Crippen LogP) is 2.45. The minimum Gasteiger partial charge on any atom is -0.328 e. The Labute approximate surface area is 120 Å². The van der Waals surface area contributed by atoms with Gasteiger partial charge in [0.25, 0.3) is 0 Å². The summed E-state index contributed by atoms with van der Waals surface area (Å²) in [5, 5.41) is 0. The van der Waals surface area contributed by atoms with Gasteiger partial charge in [0.2, 0.25) is 10.0 Å². The minimum absolute atomic E-state index is 0.164. The van der Waals surface area contributed by atoms with E-state index in [2.05, 4.69) is 28.1 Å². The van der Waals surface area contributed by atoms with E-state index in [1.807, 2.05) is 31.5 Å². The maximum absolute atomic E-state index is 11.6. The van der Waals surface area contributed by atoms with Crippen molar-refractivity contribution in [2.75, 3.05) is 5.75 Å². The third kappa shape index (κ3) is 3.37. The molecule has 0 radical (unpaired) electrons. The first kappa shape index (κ1) is 15.0. The molecule has 0 fully saturated rings. The van der Waals surface area contributed by atoms with Crippen LogP contribution in [0.15, 0.2) is 24.5 Å². The Hall–Kier alpha value is -1.40. The average Bonchev–Trinajstić information content (AvgIpc) is 2.79. The standard InChI is InChI=1S/C14H21N3O2S/c1-4-7-20(18,19)16-9-12-5-6-14-13(8-12)15-10-17(14)11(2)3/h5-6,8,10-11,16H,4,7,9H2,1-3H3. The number of hydrogen-bond donors (Lipinski definition) is 1. The molecule has 0 atom stereocenters. The highest BCUT2D eigenvalue weighted by Crippen LogP contribution is 2.18. The van der Waals surface area contributed by atoms with Gasteiger partial charge in [0.1, 0.15) is 0 Å². The topological polar surface area (TPSA) is 64.0 Å². The van der Waals surface area contributed by atoms with Crippen LogP contribution in [0.5, 0.6) is 0 Å². The maximum atomic E-state index is 11.6. The first-order valence-electron chi connectivity index (χ1n) is 6.85. The second kappa shape index (κ2) is 5.93. The monoisotopic (exact) mass is 295 g/mol. The molecule has 1 aromatic heterocycles. The zero-order chi connectivity index (χ0) is 14.8. The van der Waals surface area contributed by atoms with Crippen LogP contribution in [-0.4, -0.2) is 23.7 Å². The zero-order valence-electron chi connectivity index (χ0n) is 12.1. The van der Waals surface area contributed by atoms with E-state index in [0.29, 0.717) is 19.0 Å². The van der Waals surface area contributed by atoms with Crippen molar-refractivity contribution in [3.8, 4) is 0 Å². The molecule has 0 saturated heterocycles. The van der Waals surface area contributed by atoms with E-state index in [-0.39, 0.29) is 5.75 Å². The summed E-state index contributed by atoms with van der Waals surface area (Å²) in [6.45, 7) is 6.37. The van der Waals surface area contributed by atoms with Crippen LogP contribution in [0.2, 0.25) is 0 Å². The predicted molar refractivity (Wildman–Crippen MR) is 81.0 cm³/mol. The summed E-state index contributed by atoms with van der Waals surface area (Å²) >= 11 is 0. The van der Waals surface area contributed by atoms with Crippen LogP contribution in [0, 0.1) is 0 Å². The molecular formula is C14H21N3O2S. The van der Waals surface area contributed by atoms with Crippen LogP contribution in [0.4, 0.5) is 0 Å². The molecule has 0 aliphatic heterocycles. The van der Waals surface area contributed by atoms with Crippen molar-refractivity contribution < 1.29 is 8.42 Å². The lowest BCUT2D eigenvalue weighted by Crippen LogP contribution is -2.25. The zero-order valence-corrected chi connectivity index (χ0v) is 12.9. The molecule has 1 N–H and O–H groups in total. The smallest absolute Gasteiger partial charge is 0.211 e. The van der Waals surface area contributed by atoms with E-state index < -0.39 is 10.0 Å². The van der Waals surface area contributed by atoms with E-state index in [9.17, 15) is 8.42 Å². The van der Waals surface area contributed by atoms with Gasteiger partial charge in [0.05, 0.1) is 23.1 Å². The van der Waals surface area contributed by atoms with Crippen molar-refractivity contribution in [3.05, 3.63) is 30.1 Å². The Balaban J connectivity index is 2.17. The Morgan fingerprint density at radius 3 is 2.75 bits per heavy atom. The van der Waals surface area contributed by atoms with Crippen molar-refractivity contribution >= 4 is 21.1 Å². The average molecular weight is 295 g/mol. The van der Waals surface area contributed by atoms with E-state index in [4.69, 9.17) is 0 Å². The Kier molecular flexibility index (Phi) is 4.45. The number of rotatable bonds is 6. The van der Waals surface area contributed by atoms with Gasteiger partial charge in [-0.15, -0.1) is 0 Å². The molecule has 20 heavy (non-hydrogen) atoms. The van der Waals surface area contributed by atoms with E-state index in [1.165, 1.54) is 0 Å². The summed E-state index contributed by atoms with van der Waals surface area (Å²) in [4.78, 5) is 4.37. The number of fused-ring (bicyclic) bond motifs is 1. The second-order valence-electron chi connectivity index (χ2n) is 5.21. The molecule has 6 heteroatoms. The first-order valence-corrected chi connectivity index (χ1v) is 8.51. The van der Waals surface area contributed by atoms with Crippen molar-refractivity contribution in [2.45, 2.75) is 39.8 Å². The molecule has 2 aromatic rings. The lowest BCUT2D eigenvalue weighted by molar-refractivity contribution is 0.580. The molecule has 0 aliphatic carbocycles. The van der Waals surface area contributed by atoms with Gasteiger partial charge in [-0.1, -0.05) is 13.0 Å². The number of benzene rings is 1. The summed E-state index contributed by atoms with van der Waals surface area (Å²) in [6, 6.07) is 6.22. The van der Waals surface area contributed by atoms with Gasteiger partial charge in [-0.05, 0) is 38.0 Å². The lowest BCUT2D eigenvalue weighted by Gasteiger charge is -2.09. The Morgan fingerprint density at radius 2 is 2.10 bits per heavy atom. The third-order valence-electron chi connectivity index (χ3n) is 3.16. The number of nitrogens with one attached hydrogen (secondary N) is 1. The van der Waals surface area contributed by atoms with Crippen molar-refractivity contribution in [3.63, 3.8) is 0 Å². The number of hydrogen-bond acceptors (Lipinski definition) is 3. The Bertz CT molecular complexity index is 690. The molecule has 0 spiro atoms. The van der Waals surface area contributed by atoms with Gasteiger partial charge in [-0.2, -0.15) is 0 Å². The molecule has 110 valence electrons. The highest BCUT2D eigenvalue weighted by molar-refractivity contribution is 7.89. The van der Waals surface area contributed by atoms with Crippen molar-refractivity contribution in [1.29, 1.82) is 0 Å². The first-order chi connectivity index (χ1) is 9.43. The molecule has 0 unspecified atom stereocenters. The van der Waals surface area contributed by atoms with Crippen LogP contribution in [0.25, 0.3) is 11.0 Å². The highest BCUT2D eigenvalue weighted by Gasteiger charge is 2.10. The van der Waals surface area contributed by atoms with E-state index in [0.717, 1.165) is 16.6 Å². The number of aromatic nitrogens is 2. The van der Waals surface area contributed by atoms with Gasteiger partial charge < -0.3 is 4.57 Å². The van der Waals surface area contributed by atoms with Gasteiger partial charge in [0.15, 0.2) is 0 Å². The molecule has 0 saturated carbocycles. The van der Waals surface area contributed by atoms with Crippen LogP contribution < -0.4 is 4.72 Å². The van der Waals surface area contributed by atoms with Crippen LogP contribution in [0.1, 0.15) is 38.8 Å². The normalized spacial score (nSPS) is 12.4.